The van der Waals surface area contributed by atoms with Gasteiger partial charge < -0.3 is 15.8 Å². The molecule has 7 heteroatoms. The first-order valence-corrected chi connectivity index (χ1v) is 7.03. The van der Waals surface area contributed by atoms with Crippen molar-refractivity contribution in [2.45, 2.75) is 0 Å². The second kappa shape index (κ2) is 6.65. The number of carbonyl (C=O) groups excluding carboxylic acids is 1. The third-order valence-corrected chi connectivity index (χ3v) is 3.68. The van der Waals surface area contributed by atoms with Gasteiger partial charge in [0, 0.05) is 19.3 Å². The lowest BCUT2D eigenvalue weighted by atomic mass is 10.3. The molecule has 0 saturated heterocycles. The molecule has 0 unspecified atom stereocenters. The fraction of sp³-hybridized carbons (Fsp3) is 0.385. The average Bonchev–Trinajstić information content (AvgIpc) is 2.77. The number of carbonyl (C=O) groups is 1. The lowest BCUT2D eigenvalue weighted by Gasteiger charge is -2.14. The maximum absolute atomic E-state index is 11.9. The van der Waals surface area contributed by atoms with Gasteiger partial charge in [0.25, 0.3) is 0 Å². The van der Waals surface area contributed by atoms with Crippen LogP contribution in [0.2, 0.25) is 0 Å². The van der Waals surface area contributed by atoms with Crippen LogP contribution in [0.5, 0.6) is 0 Å². The van der Waals surface area contributed by atoms with Crippen LogP contribution < -0.4 is 11.1 Å². The van der Waals surface area contributed by atoms with Crippen LogP contribution in [0, 0.1) is 0 Å². The lowest BCUT2D eigenvalue weighted by molar-refractivity contribution is -0.117. The second-order valence-corrected chi connectivity index (χ2v) is 5.56. The van der Waals surface area contributed by atoms with E-state index in [1.807, 2.05) is 24.1 Å². The summed E-state index contributed by atoms with van der Waals surface area (Å²) in [5, 5.41) is 3.40. The van der Waals surface area contributed by atoms with Crippen molar-refractivity contribution >= 4 is 38.3 Å². The molecule has 0 spiro atoms. The number of nitrogens with zero attached hydrogens (tertiary/aromatic N) is 2. The molecule has 0 saturated carbocycles. The van der Waals surface area contributed by atoms with Gasteiger partial charge in [-0.2, -0.15) is 0 Å². The Morgan fingerprint density at radius 3 is 3.10 bits per heavy atom. The summed E-state index contributed by atoms with van der Waals surface area (Å²) in [4.78, 5) is 18.1. The van der Waals surface area contributed by atoms with Gasteiger partial charge in [-0.1, -0.05) is 11.3 Å². The normalized spacial score (nSPS) is 11.2. The summed E-state index contributed by atoms with van der Waals surface area (Å²) in [6.45, 7) is 1.62. The molecule has 1 heterocycles. The number of aromatic nitrogens is 1. The Kier molecular flexibility index (Phi) is 4.89. The molecule has 1 aromatic heterocycles. The largest absolute Gasteiger partial charge is 0.399 e. The Bertz CT molecular complexity index is 599. The minimum atomic E-state index is -0.0874. The predicted molar refractivity (Wildman–Crippen MR) is 82.0 cm³/mol. The molecule has 0 atom stereocenters. The summed E-state index contributed by atoms with van der Waals surface area (Å²) in [5.74, 6) is -0.0874. The zero-order valence-electron chi connectivity index (χ0n) is 11.5. The van der Waals surface area contributed by atoms with Gasteiger partial charge in [0.05, 0.1) is 23.4 Å². The number of hydrogen-bond acceptors (Lipinski definition) is 6. The van der Waals surface area contributed by atoms with Crippen LogP contribution in [-0.4, -0.2) is 49.6 Å². The monoisotopic (exact) mass is 294 g/mol. The third kappa shape index (κ3) is 3.89. The van der Waals surface area contributed by atoms with Crippen LogP contribution in [0.25, 0.3) is 10.2 Å². The van der Waals surface area contributed by atoms with E-state index < -0.39 is 0 Å². The van der Waals surface area contributed by atoms with Gasteiger partial charge in [-0.3, -0.25) is 9.69 Å². The Morgan fingerprint density at radius 2 is 2.35 bits per heavy atom. The summed E-state index contributed by atoms with van der Waals surface area (Å²) in [6, 6.07) is 5.50. The van der Waals surface area contributed by atoms with Crippen LogP contribution in [0.3, 0.4) is 0 Å². The highest BCUT2D eigenvalue weighted by Gasteiger charge is 2.10. The van der Waals surface area contributed by atoms with E-state index in [0.29, 0.717) is 30.5 Å². The highest BCUT2D eigenvalue weighted by atomic mass is 32.1. The molecule has 20 heavy (non-hydrogen) atoms. The van der Waals surface area contributed by atoms with Crippen molar-refractivity contribution in [3.8, 4) is 0 Å². The number of anilines is 2. The molecule has 0 aliphatic rings. The Morgan fingerprint density at radius 1 is 1.55 bits per heavy atom. The van der Waals surface area contributed by atoms with Crippen molar-refractivity contribution in [1.82, 2.24) is 9.88 Å². The molecular formula is C13H18N4O2S. The summed E-state index contributed by atoms with van der Waals surface area (Å²) < 4.78 is 5.93. The Balaban J connectivity index is 1.95. The van der Waals surface area contributed by atoms with Crippen molar-refractivity contribution in [3.63, 3.8) is 0 Å². The molecule has 2 aromatic rings. The van der Waals surface area contributed by atoms with Crippen LogP contribution in [0.1, 0.15) is 0 Å². The maximum atomic E-state index is 11.9. The van der Waals surface area contributed by atoms with Gasteiger partial charge in [0.1, 0.15) is 0 Å². The number of nitrogens with two attached hydrogens (primary N) is 1. The summed E-state index contributed by atoms with van der Waals surface area (Å²) in [5.41, 5.74) is 7.25. The van der Waals surface area contributed by atoms with E-state index in [9.17, 15) is 4.79 Å². The van der Waals surface area contributed by atoms with Crippen molar-refractivity contribution in [3.05, 3.63) is 18.2 Å². The first kappa shape index (κ1) is 14.7. The highest BCUT2D eigenvalue weighted by molar-refractivity contribution is 7.22. The third-order valence-electron chi connectivity index (χ3n) is 2.75. The Hall–Kier alpha value is -1.70. The van der Waals surface area contributed by atoms with E-state index in [0.717, 1.165) is 10.2 Å². The first-order valence-electron chi connectivity index (χ1n) is 6.22. The second-order valence-electron chi connectivity index (χ2n) is 4.52. The summed E-state index contributed by atoms with van der Waals surface area (Å²) >= 11 is 1.42. The number of likely N-dealkylation sites (N-methyl/N-ethyl adjacent to an activating group) is 1. The van der Waals surface area contributed by atoms with Crippen molar-refractivity contribution < 1.29 is 9.53 Å². The zero-order chi connectivity index (χ0) is 14.5. The molecule has 6 nitrogen and oxygen atoms in total. The van der Waals surface area contributed by atoms with E-state index in [2.05, 4.69) is 10.3 Å². The number of fused-ring (bicyclic) bond motifs is 1. The number of benzene rings is 1. The van der Waals surface area contributed by atoms with Crippen LogP contribution >= 0.6 is 11.3 Å². The highest BCUT2D eigenvalue weighted by Crippen LogP contribution is 2.27. The topological polar surface area (TPSA) is 80.5 Å². The Labute approximate surface area is 121 Å². The van der Waals surface area contributed by atoms with E-state index >= 15 is 0 Å². The molecule has 108 valence electrons. The fourth-order valence-corrected chi connectivity index (χ4v) is 2.66. The molecule has 1 amide bonds. The number of hydrogen-bond donors (Lipinski definition) is 2. The van der Waals surface area contributed by atoms with E-state index in [1.54, 1.807) is 13.2 Å². The molecule has 0 aliphatic carbocycles. The molecule has 1 aromatic carbocycles. The van der Waals surface area contributed by atoms with Gasteiger partial charge in [-0.25, -0.2) is 4.98 Å². The SMILES string of the molecule is COCCN(C)CC(=O)Nc1nc2ccc(N)cc2s1. The van der Waals surface area contributed by atoms with Gasteiger partial charge in [0.15, 0.2) is 5.13 Å². The quantitative estimate of drug-likeness (QED) is 0.787. The summed E-state index contributed by atoms with van der Waals surface area (Å²) in [6.07, 6.45) is 0. The number of thiazole rings is 1. The minimum absolute atomic E-state index is 0.0874. The number of methoxy groups -OCH3 is 1. The average molecular weight is 294 g/mol. The van der Waals surface area contributed by atoms with Gasteiger partial charge >= 0.3 is 0 Å². The fourth-order valence-electron chi connectivity index (χ4n) is 1.72. The van der Waals surface area contributed by atoms with Crippen molar-refractivity contribution in [2.75, 3.05) is 44.9 Å². The zero-order valence-corrected chi connectivity index (χ0v) is 12.4. The number of nitrogens with one attached hydrogen (secondary N) is 1. The van der Waals surface area contributed by atoms with Gasteiger partial charge in [-0.15, -0.1) is 0 Å². The van der Waals surface area contributed by atoms with Crippen molar-refractivity contribution in [2.24, 2.45) is 0 Å². The van der Waals surface area contributed by atoms with Crippen LogP contribution in [0.15, 0.2) is 18.2 Å². The first-order chi connectivity index (χ1) is 9.58. The molecule has 3 N–H and O–H groups in total. The summed E-state index contributed by atoms with van der Waals surface area (Å²) in [7, 11) is 3.51. The molecule has 0 fully saturated rings. The number of nitrogen functional groups attached to an aromatic ring is 1. The maximum Gasteiger partial charge on any atom is 0.240 e. The predicted octanol–water partition coefficient (Wildman–Crippen LogP) is 1.40. The van der Waals surface area contributed by atoms with Crippen LogP contribution in [-0.2, 0) is 9.53 Å². The number of rotatable bonds is 6. The lowest BCUT2D eigenvalue weighted by Crippen LogP contribution is -2.32. The van der Waals surface area contributed by atoms with Gasteiger partial charge in [-0.05, 0) is 25.2 Å². The molecule has 0 radical (unpaired) electrons. The molecule has 0 aliphatic heterocycles. The number of ether oxygens (including phenoxy) is 1. The molecule has 0 bridgehead atoms. The smallest absolute Gasteiger partial charge is 0.240 e. The van der Waals surface area contributed by atoms with E-state index in [1.165, 1.54) is 11.3 Å². The minimum Gasteiger partial charge on any atom is -0.399 e. The standard InChI is InChI=1S/C13H18N4O2S/c1-17(5-6-19-2)8-12(18)16-13-15-10-4-3-9(14)7-11(10)20-13/h3-4,7H,5-6,8,14H2,1-2H3,(H,15,16,18). The number of amides is 1. The molecule has 2 rings (SSSR count). The van der Waals surface area contributed by atoms with E-state index in [4.69, 9.17) is 10.5 Å². The van der Waals surface area contributed by atoms with Crippen molar-refractivity contribution in [1.29, 1.82) is 0 Å². The van der Waals surface area contributed by atoms with E-state index in [-0.39, 0.29) is 5.91 Å². The van der Waals surface area contributed by atoms with Gasteiger partial charge in [0.2, 0.25) is 5.91 Å². The molecular weight excluding hydrogens is 276 g/mol. The van der Waals surface area contributed by atoms with Crippen LogP contribution in [0.4, 0.5) is 10.8 Å².